The van der Waals surface area contributed by atoms with Crippen molar-refractivity contribution in [3.05, 3.63) is 57.3 Å². The van der Waals surface area contributed by atoms with Gasteiger partial charge in [0.25, 0.3) is 5.56 Å². The van der Waals surface area contributed by atoms with Crippen molar-refractivity contribution in [2.75, 3.05) is 5.32 Å². The number of aromatic nitrogens is 2. The van der Waals surface area contributed by atoms with Crippen LogP contribution >= 0.6 is 15.9 Å². The molecule has 2 N–H and O–H groups in total. The van der Waals surface area contributed by atoms with Gasteiger partial charge in [0.05, 0.1) is 16.6 Å². The maximum absolute atomic E-state index is 12.4. The predicted molar refractivity (Wildman–Crippen MR) is 105 cm³/mol. The van der Waals surface area contributed by atoms with Crippen LogP contribution in [0.4, 0.5) is 10.5 Å². The molecular formula is C19H18BrN3O3. The van der Waals surface area contributed by atoms with E-state index in [9.17, 15) is 9.59 Å². The number of ether oxygens (including phenoxy) is 1. The van der Waals surface area contributed by atoms with Gasteiger partial charge in [-0.05, 0) is 51.1 Å². The van der Waals surface area contributed by atoms with Crippen LogP contribution in [0, 0.1) is 0 Å². The zero-order valence-electron chi connectivity index (χ0n) is 14.6. The predicted octanol–water partition coefficient (Wildman–Crippen LogP) is 4.70. The lowest BCUT2D eigenvalue weighted by molar-refractivity contribution is 0.0636. The van der Waals surface area contributed by atoms with Crippen molar-refractivity contribution >= 4 is 38.6 Å². The number of hydrogen-bond donors (Lipinski definition) is 2. The SMILES string of the molecule is CC(C)(C)OC(=O)Nc1ccc(Br)cc1-c1nc2ccccc2c(=O)[nH]1. The molecule has 3 rings (SSSR count). The molecule has 3 aromatic rings. The summed E-state index contributed by atoms with van der Waals surface area (Å²) in [6.45, 7) is 5.37. The summed E-state index contributed by atoms with van der Waals surface area (Å²) >= 11 is 3.41. The Labute approximate surface area is 158 Å². The summed E-state index contributed by atoms with van der Waals surface area (Å²) in [6.07, 6.45) is -0.579. The molecule has 0 saturated carbocycles. The van der Waals surface area contributed by atoms with Crippen LogP contribution in [0.25, 0.3) is 22.3 Å². The summed E-state index contributed by atoms with van der Waals surface area (Å²) in [6, 6.07) is 12.4. The van der Waals surface area contributed by atoms with Crippen molar-refractivity contribution in [1.29, 1.82) is 0 Å². The summed E-state index contributed by atoms with van der Waals surface area (Å²) in [7, 11) is 0. The standard InChI is InChI=1S/C19H18BrN3O3/c1-19(2,3)26-18(25)22-15-9-8-11(20)10-13(15)16-21-14-7-5-4-6-12(14)17(24)23-16/h4-10H,1-3H3,(H,22,25)(H,21,23,24). The third kappa shape index (κ3) is 4.11. The zero-order valence-corrected chi connectivity index (χ0v) is 16.2. The second kappa shape index (κ2) is 6.92. The average Bonchev–Trinajstić information content (AvgIpc) is 2.55. The second-order valence-electron chi connectivity index (χ2n) is 6.75. The first kappa shape index (κ1) is 18.1. The fraction of sp³-hybridized carbons (Fsp3) is 0.211. The highest BCUT2D eigenvalue weighted by Gasteiger charge is 2.18. The number of H-pyrrole nitrogens is 1. The highest BCUT2D eigenvalue weighted by Crippen LogP contribution is 2.29. The van der Waals surface area contributed by atoms with E-state index >= 15 is 0 Å². The fourth-order valence-electron chi connectivity index (χ4n) is 2.45. The van der Waals surface area contributed by atoms with Gasteiger partial charge in [-0.3, -0.25) is 10.1 Å². The van der Waals surface area contributed by atoms with E-state index in [0.717, 1.165) is 4.47 Å². The number of rotatable bonds is 2. The highest BCUT2D eigenvalue weighted by atomic mass is 79.9. The molecule has 0 aliphatic heterocycles. The molecule has 1 heterocycles. The third-order valence-corrected chi connectivity index (χ3v) is 3.98. The molecule has 6 nitrogen and oxygen atoms in total. The van der Waals surface area contributed by atoms with E-state index in [1.54, 1.807) is 57.2 Å². The minimum Gasteiger partial charge on any atom is -0.444 e. The molecule has 0 atom stereocenters. The largest absolute Gasteiger partial charge is 0.444 e. The molecule has 0 bridgehead atoms. The first-order chi connectivity index (χ1) is 12.2. The number of amides is 1. The Balaban J connectivity index is 2.06. The van der Waals surface area contributed by atoms with Crippen LogP contribution in [0.5, 0.6) is 0 Å². The minimum atomic E-state index is -0.616. The van der Waals surface area contributed by atoms with Crippen molar-refractivity contribution in [1.82, 2.24) is 9.97 Å². The van der Waals surface area contributed by atoms with Gasteiger partial charge in [-0.25, -0.2) is 9.78 Å². The summed E-state index contributed by atoms with van der Waals surface area (Å²) < 4.78 is 6.09. The van der Waals surface area contributed by atoms with E-state index in [4.69, 9.17) is 4.74 Å². The van der Waals surface area contributed by atoms with Crippen LogP contribution in [0.3, 0.4) is 0 Å². The number of hydrogen-bond acceptors (Lipinski definition) is 4. The molecule has 0 aliphatic carbocycles. The van der Waals surface area contributed by atoms with E-state index in [1.165, 1.54) is 0 Å². The van der Waals surface area contributed by atoms with Crippen LogP contribution in [-0.4, -0.2) is 21.7 Å². The number of carbonyl (C=O) groups is 1. The molecule has 0 unspecified atom stereocenters. The highest BCUT2D eigenvalue weighted by molar-refractivity contribution is 9.10. The van der Waals surface area contributed by atoms with Crippen LogP contribution in [0.2, 0.25) is 0 Å². The molecule has 2 aromatic carbocycles. The Morgan fingerprint density at radius 2 is 1.92 bits per heavy atom. The lowest BCUT2D eigenvalue weighted by Gasteiger charge is -2.20. The minimum absolute atomic E-state index is 0.242. The van der Waals surface area contributed by atoms with Crippen molar-refractivity contribution < 1.29 is 9.53 Å². The van der Waals surface area contributed by atoms with Gasteiger partial charge < -0.3 is 9.72 Å². The monoisotopic (exact) mass is 415 g/mol. The van der Waals surface area contributed by atoms with Crippen LogP contribution in [0.15, 0.2) is 51.7 Å². The smallest absolute Gasteiger partial charge is 0.412 e. The summed E-state index contributed by atoms with van der Waals surface area (Å²) in [5.41, 5.74) is 0.784. The summed E-state index contributed by atoms with van der Waals surface area (Å²) in [5.74, 6) is 0.362. The van der Waals surface area contributed by atoms with Crippen molar-refractivity contribution in [3.8, 4) is 11.4 Å². The van der Waals surface area contributed by atoms with Crippen molar-refractivity contribution in [3.63, 3.8) is 0 Å². The fourth-order valence-corrected chi connectivity index (χ4v) is 2.81. The van der Waals surface area contributed by atoms with Crippen LogP contribution < -0.4 is 10.9 Å². The number of fused-ring (bicyclic) bond motifs is 1. The number of nitrogens with one attached hydrogen (secondary N) is 2. The number of aromatic amines is 1. The van der Waals surface area contributed by atoms with E-state index in [2.05, 4.69) is 31.2 Å². The zero-order chi connectivity index (χ0) is 18.9. The lowest BCUT2D eigenvalue weighted by atomic mass is 10.1. The number of nitrogens with zero attached hydrogens (tertiary/aromatic N) is 1. The van der Waals surface area contributed by atoms with Gasteiger partial charge in [0, 0.05) is 10.0 Å². The summed E-state index contributed by atoms with van der Waals surface area (Å²) in [4.78, 5) is 31.8. The van der Waals surface area contributed by atoms with Crippen LogP contribution in [-0.2, 0) is 4.74 Å². The number of halogens is 1. The first-order valence-electron chi connectivity index (χ1n) is 8.02. The Bertz CT molecular complexity index is 1040. The normalized spacial score (nSPS) is 11.4. The Morgan fingerprint density at radius 1 is 1.19 bits per heavy atom. The van der Waals surface area contributed by atoms with Gasteiger partial charge in [-0.2, -0.15) is 0 Å². The number of anilines is 1. The first-order valence-corrected chi connectivity index (χ1v) is 8.81. The molecule has 0 saturated heterocycles. The molecule has 0 aliphatic rings. The van der Waals surface area contributed by atoms with Gasteiger partial charge in [-0.15, -0.1) is 0 Å². The maximum atomic E-state index is 12.4. The molecule has 1 aromatic heterocycles. The topological polar surface area (TPSA) is 84.1 Å². The van der Waals surface area contributed by atoms with Gasteiger partial charge >= 0.3 is 6.09 Å². The molecular weight excluding hydrogens is 398 g/mol. The molecule has 0 spiro atoms. The van der Waals surface area contributed by atoms with Gasteiger partial charge in [-0.1, -0.05) is 28.1 Å². The molecule has 134 valence electrons. The molecule has 7 heteroatoms. The van der Waals surface area contributed by atoms with E-state index in [1.807, 2.05) is 6.07 Å². The maximum Gasteiger partial charge on any atom is 0.412 e. The number of benzene rings is 2. The number of carbonyl (C=O) groups excluding carboxylic acids is 1. The van der Waals surface area contributed by atoms with E-state index in [0.29, 0.717) is 28.0 Å². The lowest BCUT2D eigenvalue weighted by Crippen LogP contribution is -2.27. The van der Waals surface area contributed by atoms with Gasteiger partial charge in [0.1, 0.15) is 11.4 Å². The third-order valence-electron chi connectivity index (χ3n) is 3.49. The van der Waals surface area contributed by atoms with Crippen molar-refractivity contribution in [2.45, 2.75) is 26.4 Å². The Morgan fingerprint density at radius 3 is 2.65 bits per heavy atom. The number of para-hydroxylation sites is 1. The Hall–Kier alpha value is -2.67. The summed E-state index contributed by atoms with van der Waals surface area (Å²) in [5, 5.41) is 3.22. The van der Waals surface area contributed by atoms with E-state index < -0.39 is 11.7 Å². The molecule has 0 radical (unpaired) electrons. The van der Waals surface area contributed by atoms with Crippen LogP contribution in [0.1, 0.15) is 20.8 Å². The molecule has 0 fully saturated rings. The quantitative estimate of drug-likeness (QED) is 0.634. The Kier molecular flexibility index (Phi) is 4.82. The van der Waals surface area contributed by atoms with E-state index in [-0.39, 0.29) is 5.56 Å². The van der Waals surface area contributed by atoms with Gasteiger partial charge in [0.2, 0.25) is 0 Å². The van der Waals surface area contributed by atoms with Crippen molar-refractivity contribution in [2.24, 2.45) is 0 Å². The molecule has 26 heavy (non-hydrogen) atoms. The average molecular weight is 416 g/mol. The van der Waals surface area contributed by atoms with Gasteiger partial charge in [0.15, 0.2) is 0 Å². The molecule has 1 amide bonds. The second-order valence-corrected chi connectivity index (χ2v) is 7.66.